The Morgan fingerprint density at radius 1 is 1.23 bits per heavy atom. The Bertz CT molecular complexity index is 882. The third-order valence-electron chi connectivity index (χ3n) is 3.98. The van der Waals surface area contributed by atoms with Gasteiger partial charge in [0.15, 0.2) is 0 Å². The van der Waals surface area contributed by atoms with Crippen LogP contribution in [0.3, 0.4) is 0 Å². The number of halogens is 1. The molecule has 22 heavy (non-hydrogen) atoms. The highest BCUT2D eigenvalue weighted by atomic mass is 35.5. The van der Waals surface area contributed by atoms with Gasteiger partial charge in [-0.25, -0.2) is 4.98 Å². The lowest BCUT2D eigenvalue weighted by atomic mass is 10.0. The number of hydrogen-bond donors (Lipinski definition) is 0. The van der Waals surface area contributed by atoms with Crippen molar-refractivity contribution in [2.75, 3.05) is 0 Å². The summed E-state index contributed by atoms with van der Waals surface area (Å²) in [5.74, 6) is 0. The van der Waals surface area contributed by atoms with Crippen molar-refractivity contribution >= 4 is 39.1 Å². The van der Waals surface area contributed by atoms with Gasteiger partial charge in [0.25, 0.3) is 5.24 Å². The van der Waals surface area contributed by atoms with E-state index in [0.717, 1.165) is 39.0 Å². The molecule has 2 heterocycles. The van der Waals surface area contributed by atoms with E-state index in [9.17, 15) is 4.79 Å². The number of aryl methyl sites for hydroxylation is 3. The number of carbonyl (C=O) groups excluding carboxylic acids is 1. The van der Waals surface area contributed by atoms with E-state index in [1.54, 1.807) is 17.4 Å². The summed E-state index contributed by atoms with van der Waals surface area (Å²) >= 11 is 7.51. The summed E-state index contributed by atoms with van der Waals surface area (Å²) in [6.07, 6.45) is 0.998. The van der Waals surface area contributed by atoms with E-state index in [2.05, 4.69) is 19.1 Å². The van der Waals surface area contributed by atoms with Crippen LogP contribution in [0.15, 0.2) is 30.3 Å². The minimum atomic E-state index is -0.441. The van der Waals surface area contributed by atoms with Crippen LogP contribution in [-0.2, 0) is 6.42 Å². The molecule has 0 fully saturated rings. The van der Waals surface area contributed by atoms with Gasteiger partial charge in [-0.15, -0.1) is 11.3 Å². The third kappa shape index (κ3) is 2.55. The molecule has 0 amide bonds. The first kappa shape index (κ1) is 15.2. The smallest absolute Gasteiger partial charge is 0.253 e. The van der Waals surface area contributed by atoms with E-state index >= 15 is 0 Å². The topological polar surface area (TPSA) is 30.0 Å². The Kier molecular flexibility index (Phi) is 4.02. The van der Waals surface area contributed by atoms with Crippen molar-refractivity contribution in [1.82, 2.24) is 4.98 Å². The molecule has 0 N–H and O–H groups in total. The molecule has 0 aliphatic rings. The minimum absolute atomic E-state index is 0.441. The summed E-state index contributed by atoms with van der Waals surface area (Å²) in [7, 11) is 0. The Morgan fingerprint density at radius 3 is 2.64 bits per heavy atom. The second-order valence-electron chi connectivity index (χ2n) is 5.35. The summed E-state index contributed by atoms with van der Waals surface area (Å²) < 4.78 is 0. The highest BCUT2D eigenvalue weighted by Crippen LogP contribution is 2.32. The van der Waals surface area contributed by atoms with Crippen LogP contribution in [0, 0.1) is 13.8 Å². The first-order chi connectivity index (χ1) is 10.5. The lowest BCUT2D eigenvalue weighted by molar-refractivity contribution is 0.108. The van der Waals surface area contributed by atoms with E-state index < -0.39 is 5.24 Å². The predicted molar refractivity (Wildman–Crippen MR) is 94.1 cm³/mol. The van der Waals surface area contributed by atoms with Gasteiger partial charge in [0.1, 0.15) is 0 Å². The fourth-order valence-electron chi connectivity index (χ4n) is 2.52. The zero-order valence-electron chi connectivity index (χ0n) is 12.7. The second kappa shape index (κ2) is 5.82. The first-order valence-corrected chi connectivity index (χ1v) is 8.40. The number of benzene rings is 1. The van der Waals surface area contributed by atoms with Crippen LogP contribution in [0.5, 0.6) is 0 Å². The standard InChI is InChI=1S/C18H16ClNOS/c1-4-12-6-8-16(22-12)15-9-14(18(19)21)13-7-5-10(2)11(3)17(13)20-15/h5-9H,4H2,1-3H3. The van der Waals surface area contributed by atoms with Gasteiger partial charge in [0.05, 0.1) is 16.1 Å². The fraction of sp³-hybridized carbons (Fsp3) is 0.222. The summed E-state index contributed by atoms with van der Waals surface area (Å²) in [5.41, 5.74) is 4.44. The van der Waals surface area contributed by atoms with Crippen molar-refractivity contribution < 1.29 is 4.79 Å². The van der Waals surface area contributed by atoms with Gasteiger partial charge < -0.3 is 0 Å². The van der Waals surface area contributed by atoms with Gasteiger partial charge in [-0.2, -0.15) is 0 Å². The average molecular weight is 330 g/mol. The fourth-order valence-corrected chi connectivity index (χ4v) is 3.59. The van der Waals surface area contributed by atoms with Gasteiger partial charge in [-0.1, -0.05) is 19.1 Å². The summed E-state index contributed by atoms with van der Waals surface area (Å²) in [4.78, 5) is 19.0. The van der Waals surface area contributed by atoms with Crippen LogP contribution in [0.25, 0.3) is 21.5 Å². The van der Waals surface area contributed by atoms with Crippen LogP contribution in [0.4, 0.5) is 0 Å². The number of carbonyl (C=O) groups is 1. The van der Waals surface area contributed by atoms with Crippen molar-refractivity contribution in [3.63, 3.8) is 0 Å². The van der Waals surface area contributed by atoms with Gasteiger partial charge in [0.2, 0.25) is 0 Å². The largest absolute Gasteiger partial charge is 0.276 e. The number of fused-ring (bicyclic) bond motifs is 1. The van der Waals surface area contributed by atoms with Crippen molar-refractivity contribution in [3.8, 4) is 10.6 Å². The molecular weight excluding hydrogens is 314 g/mol. The van der Waals surface area contributed by atoms with E-state index in [-0.39, 0.29) is 0 Å². The summed E-state index contributed by atoms with van der Waals surface area (Å²) in [5, 5.41) is 0.378. The molecule has 0 spiro atoms. The van der Waals surface area contributed by atoms with Crippen molar-refractivity contribution in [2.24, 2.45) is 0 Å². The zero-order valence-corrected chi connectivity index (χ0v) is 14.3. The SMILES string of the molecule is CCc1ccc(-c2cc(C(=O)Cl)c3ccc(C)c(C)c3n2)s1. The highest BCUT2D eigenvalue weighted by molar-refractivity contribution is 7.15. The van der Waals surface area contributed by atoms with Crippen LogP contribution in [0.2, 0.25) is 0 Å². The maximum Gasteiger partial charge on any atom is 0.253 e. The quantitative estimate of drug-likeness (QED) is 0.592. The highest BCUT2D eigenvalue weighted by Gasteiger charge is 2.15. The lowest BCUT2D eigenvalue weighted by Crippen LogP contribution is -1.97. The lowest BCUT2D eigenvalue weighted by Gasteiger charge is -2.10. The minimum Gasteiger partial charge on any atom is -0.276 e. The second-order valence-corrected chi connectivity index (χ2v) is 6.86. The Morgan fingerprint density at radius 2 is 2.00 bits per heavy atom. The van der Waals surface area contributed by atoms with Crippen LogP contribution < -0.4 is 0 Å². The van der Waals surface area contributed by atoms with Crippen molar-refractivity contribution in [2.45, 2.75) is 27.2 Å². The number of nitrogens with zero attached hydrogens (tertiary/aromatic N) is 1. The summed E-state index contributed by atoms with van der Waals surface area (Å²) in [6, 6.07) is 9.90. The molecule has 0 aliphatic heterocycles. The zero-order chi connectivity index (χ0) is 15.9. The molecule has 0 saturated carbocycles. The maximum atomic E-state index is 11.8. The number of pyridine rings is 1. The van der Waals surface area contributed by atoms with Crippen molar-refractivity contribution in [3.05, 3.63) is 51.9 Å². The molecule has 0 bridgehead atoms. The Hall–Kier alpha value is -1.71. The maximum absolute atomic E-state index is 11.8. The molecule has 112 valence electrons. The molecule has 0 radical (unpaired) electrons. The number of thiophene rings is 1. The molecule has 2 nitrogen and oxygen atoms in total. The molecule has 0 atom stereocenters. The summed E-state index contributed by atoms with van der Waals surface area (Å²) in [6.45, 7) is 6.21. The number of aromatic nitrogens is 1. The molecule has 0 saturated heterocycles. The van der Waals surface area contributed by atoms with Crippen LogP contribution in [0.1, 0.15) is 33.3 Å². The Balaban J connectivity index is 2.32. The van der Waals surface area contributed by atoms with Crippen LogP contribution in [-0.4, -0.2) is 10.2 Å². The first-order valence-electron chi connectivity index (χ1n) is 7.21. The molecule has 0 aliphatic carbocycles. The molecule has 2 aromatic heterocycles. The number of hydrogen-bond acceptors (Lipinski definition) is 3. The molecule has 4 heteroatoms. The van der Waals surface area contributed by atoms with E-state index in [1.807, 2.05) is 26.0 Å². The van der Waals surface area contributed by atoms with Crippen molar-refractivity contribution in [1.29, 1.82) is 0 Å². The van der Waals surface area contributed by atoms with Gasteiger partial charge in [-0.05, 0) is 61.2 Å². The van der Waals surface area contributed by atoms with Gasteiger partial charge >= 0.3 is 0 Å². The monoisotopic (exact) mass is 329 g/mol. The predicted octanol–water partition coefficient (Wildman–Crippen LogP) is 5.52. The molecule has 3 rings (SSSR count). The molecule has 0 unspecified atom stereocenters. The Labute approximate surface area is 138 Å². The number of rotatable bonds is 3. The molecule has 3 aromatic rings. The van der Waals surface area contributed by atoms with Gasteiger partial charge in [0, 0.05) is 15.8 Å². The van der Waals surface area contributed by atoms with Crippen LogP contribution >= 0.6 is 22.9 Å². The third-order valence-corrected chi connectivity index (χ3v) is 5.44. The molecule has 1 aromatic carbocycles. The molecular formula is C18H16ClNOS. The van der Waals surface area contributed by atoms with Gasteiger partial charge in [-0.3, -0.25) is 4.79 Å². The normalized spacial score (nSPS) is 11.1. The van der Waals surface area contributed by atoms with E-state index in [0.29, 0.717) is 5.56 Å². The van der Waals surface area contributed by atoms with E-state index in [4.69, 9.17) is 16.6 Å². The van der Waals surface area contributed by atoms with E-state index in [1.165, 1.54) is 4.88 Å². The average Bonchev–Trinajstić information content (AvgIpc) is 2.99.